The summed E-state index contributed by atoms with van der Waals surface area (Å²) in [5, 5.41) is 8.75. The van der Waals surface area contributed by atoms with Gasteiger partial charge in [0.1, 0.15) is 17.3 Å². The second-order valence-corrected chi connectivity index (χ2v) is 8.45. The largest absolute Gasteiger partial charge is 0.494 e. The summed E-state index contributed by atoms with van der Waals surface area (Å²) in [7, 11) is 1.60. The first-order chi connectivity index (χ1) is 15.7. The predicted octanol–water partition coefficient (Wildman–Crippen LogP) is 4.03. The molecule has 0 bridgehead atoms. The zero-order valence-electron chi connectivity index (χ0n) is 18.4. The fraction of sp³-hybridized carbons (Fsp3) is 0.458. The van der Waals surface area contributed by atoms with Gasteiger partial charge in [-0.15, -0.1) is 0 Å². The first kappa shape index (κ1) is 20.8. The van der Waals surface area contributed by atoms with Crippen molar-refractivity contribution < 1.29 is 14.3 Å². The van der Waals surface area contributed by atoms with Gasteiger partial charge in [-0.25, -0.2) is 4.98 Å². The van der Waals surface area contributed by atoms with Gasteiger partial charge in [0.15, 0.2) is 0 Å². The van der Waals surface area contributed by atoms with Crippen LogP contribution in [0.4, 0.5) is 11.5 Å². The lowest BCUT2D eigenvalue weighted by Gasteiger charge is -2.27. The number of carbonyl (C=O) groups is 1. The number of carbonyl (C=O) groups excluding carboxylic acids is 1. The summed E-state index contributed by atoms with van der Waals surface area (Å²) in [6.45, 7) is 2.88. The summed E-state index contributed by atoms with van der Waals surface area (Å²) in [5.74, 6) is 1.11. The number of nitrogens with one attached hydrogen (secondary N) is 1. The topological polar surface area (TPSA) is 81.5 Å². The molecule has 1 saturated heterocycles. The lowest BCUT2D eigenvalue weighted by molar-refractivity contribution is 0.102. The number of morpholine rings is 1. The van der Waals surface area contributed by atoms with E-state index in [0.29, 0.717) is 36.4 Å². The molecule has 2 aliphatic rings. The van der Waals surface area contributed by atoms with Crippen LogP contribution >= 0.6 is 0 Å². The van der Waals surface area contributed by atoms with E-state index in [-0.39, 0.29) is 5.91 Å². The molecule has 3 aromatic rings. The number of benzene rings is 1. The van der Waals surface area contributed by atoms with Gasteiger partial charge in [-0.05, 0) is 31.0 Å². The first-order valence-corrected chi connectivity index (χ1v) is 11.4. The number of hydrogen-bond donors (Lipinski definition) is 1. The Hall–Kier alpha value is -3.13. The van der Waals surface area contributed by atoms with Crippen molar-refractivity contribution in [2.24, 2.45) is 0 Å². The molecule has 1 aromatic carbocycles. The number of ether oxygens (including phenoxy) is 2. The molecule has 1 aliphatic heterocycles. The fourth-order valence-corrected chi connectivity index (χ4v) is 4.58. The van der Waals surface area contributed by atoms with E-state index in [2.05, 4.69) is 26.1 Å². The molecule has 2 fully saturated rings. The van der Waals surface area contributed by atoms with Gasteiger partial charge >= 0.3 is 0 Å². The first-order valence-electron chi connectivity index (χ1n) is 11.4. The highest BCUT2D eigenvalue weighted by Gasteiger charge is 2.19. The second-order valence-electron chi connectivity index (χ2n) is 8.45. The molecule has 0 atom stereocenters. The van der Waals surface area contributed by atoms with Crippen molar-refractivity contribution >= 4 is 28.3 Å². The second kappa shape index (κ2) is 9.16. The summed E-state index contributed by atoms with van der Waals surface area (Å²) in [6, 6.07) is 9.79. The third-order valence-electron chi connectivity index (χ3n) is 6.34. The van der Waals surface area contributed by atoms with E-state index in [9.17, 15) is 4.79 Å². The molecule has 0 radical (unpaired) electrons. The Bertz CT molecular complexity index is 1100. The number of hydrogen-bond acceptors (Lipinski definition) is 6. The molecular formula is C24H29N5O3. The molecule has 0 unspecified atom stereocenters. The van der Waals surface area contributed by atoms with Crippen LogP contribution in [-0.4, -0.2) is 54.1 Å². The Morgan fingerprint density at radius 2 is 1.97 bits per heavy atom. The number of anilines is 2. The maximum Gasteiger partial charge on any atom is 0.274 e. The van der Waals surface area contributed by atoms with E-state index >= 15 is 0 Å². The number of rotatable bonds is 5. The van der Waals surface area contributed by atoms with E-state index in [1.54, 1.807) is 13.2 Å². The van der Waals surface area contributed by atoms with Crippen molar-refractivity contribution in [3.63, 3.8) is 0 Å². The number of pyridine rings is 1. The van der Waals surface area contributed by atoms with Crippen LogP contribution in [0.2, 0.25) is 0 Å². The van der Waals surface area contributed by atoms with Crippen LogP contribution in [0.5, 0.6) is 5.75 Å². The fourth-order valence-electron chi connectivity index (χ4n) is 4.58. The average molecular weight is 436 g/mol. The molecule has 0 spiro atoms. The van der Waals surface area contributed by atoms with Crippen LogP contribution in [0.25, 0.3) is 10.9 Å². The van der Waals surface area contributed by atoms with Crippen molar-refractivity contribution in [3.05, 3.63) is 42.2 Å². The van der Waals surface area contributed by atoms with Gasteiger partial charge in [-0.1, -0.05) is 25.3 Å². The molecule has 32 heavy (non-hydrogen) atoms. The van der Waals surface area contributed by atoms with E-state index in [0.717, 1.165) is 29.8 Å². The Morgan fingerprint density at radius 3 is 2.75 bits per heavy atom. The molecule has 1 aliphatic carbocycles. The highest BCUT2D eigenvalue weighted by Crippen LogP contribution is 2.33. The van der Waals surface area contributed by atoms with Crippen LogP contribution in [0, 0.1) is 0 Å². The van der Waals surface area contributed by atoms with E-state index in [1.807, 2.05) is 24.3 Å². The quantitative estimate of drug-likeness (QED) is 0.652. The van der Waals surface area contributed by atoms with Gasteiger partial charge in [0.2, 0.25) is 0 Å². The van der Waals surface area contributed by atoms with E-state index < -0.39 is 0 Å². The highest BCUT2D eigenvalue weighted by molar-refractivity contribution is 6.05. The SMILES string of the molecule is COc1cc2nn(C3CCCCC3)cc2cc1NC(=O)c1cccc(N2CCOCC2)n1. The molecular weight excluding hydrogens is 406 g/mol. The minimum Gasteiger partial charge on any atom is -0.494 e. The molecule has 1 amide bonds. The van der Waals surface area contributed by atoms with E-state index in [1.165, 1.54) is 32.1 Å². The van der Waals surface area contributed by atoms with Crippen molar-refractivity contribution in [1.29, 1.82) is 0 Å². The van der Waals surface area contributed by atoms with E-state index in [4.69, 9.17) is 14.6 Å². The zero-order chi connectivity index (χ0) is 21.9. The average Bonchev–Trinajstić information content (AvgIpc) is 3.27. The molecule has 1 saturated carbocycles. The summed E-state index contributed by atoms with van der Waals surface area (Å²) in [6.07, 6.45) is 8.23. The number of amides is 1. The highest BCUT2D eigenvalue weighted by atomic mass is 16.5. The third kappa shape index (κ3) is 4.27. The van der Waals surface area contributed by atoms with Gasteiger partial charge in [-0.3, -0.25) is 9.48 Å². The molecule has 8 nitrogen and oxygen atoms in total. The maximum absolute atomic E-state index is 13.0. The minimum absolute atomic E-state index is 0.266. The molecule has 8 heteroatoms. The lowest BCUT2D eigenvalue weighted by Crippen LogP contribution is -2.37. The van der Waals surface area contributed by atoms with Gasteiger partial charge in [-0.2, -0.15) is 5.10 Å². The molecule has 3 heterocycles. The molecule has 1 N–H and O–H groups in total. The Balaban J connectivity index is 1.38. The van der Waals surface area contributed by atoms with Gasteiger partial charge in [0.05, 0.1) is 37.6 Å². The molecule has 2 aromatic heterocycles. The van der Waals surface area contributed by atoms with Crippen molar-refractivity contribution in [2.45, 2.75) is 38.1 Å². The van der Waals surface area contributed by atoms with Crippen LogP contribution < -0.4 is 15.0 Å². The van der Waals surface area contributed by atoms with Crippen LogP contribution in [0.1, 0.15) is 48.6 Å². The Labute approximate surface area is 187 Å². The maximum atomic E-state index is 13.0. The summed E-state index contributed by atoms with van der Waals surface area (Å²) in [4.78, 5) is 19.7. The minimum atomic E-state index is -0.266. The molecule has 168 valence electrons. The van der Waals surface area contributed by atoms with Gasteiger partial charge in [0.25, 0.3) is 5.91 Å². The van der Waals surface area contributed by atoms with Crippen LogP contribution in [0.15, 0.2) is 36.5 Å². The summed E-state index contributed by atoms with van der Waals surface area (Å²) in [5.41, 5.74) is 1.86. The monoisotopic (exact) mass is 435 g/mol. The van der Waals surface area contributed by atoms with Crippen LogP contribution in [-0.2, 0) is 4.74 Å². The summed E-state index contributed by atoms with van der Waals surface area (Å²) < 4.78 is 13.1. The normalized spacial score (nSPS) is 17.5. The number of nitrogens with zero attached hydrogens (tertiary/aromatic N) is 4. The lowest BCUT2D eigenvalue weighted by atomic mass is 9.96. The smallest absolute Gasteiger partial charge is 0.274 e. The Kier molecular flexibility index (Phi) is 5.94. The third-order valence-corrected chi connectivity index (χ3v) is 6.34. The number of aromatic nitrogens is 3. The van der Waals surface area contributed by atoms with Crippen molar-refractivity contribution in [3.8, 4) is 5.75 Å². The predicted molar refractivity (Wildman–Crippen MR) is 124 cm³/mol. The number of fused-ring (bicyclic) bond motifs is 1. The van der Waals surface area contributed by atoms with Crippen molar-refractivity contribution in [1.82, 2.24) is 14.8 Å². The van der Waals surface area contributed by atoms with Crippen molar-refractivity contribution in [2.75, 3.05) is 43.6 Å². The standard InChI is InChI=1S/C24H29N5O3/c1-31-22-15-20-17(16-29(27-20)18-6-3-2-4-7-18)14-21(22)26-24(30)19-8-5-9-23(25-19)28-10-12-32-13-11-28/h5,8-9,14-16,18H,2-4,6-7,10-13H2,1H3,(H,26,30). The Morgan fingerprint density at radius 1 is 1.16 bits per heavy atom. The number of methoxy groups -OCH3 is 1. The van der Waals surface area contributed by atoms with Gasteiger partial charge < -0.3 is 19.7 Å². The zero-order valence-corrected chi connectivity index (χ0v) is 18.4. The molecule has 5 rings (SSSR count). The van der Waals surface area contributed by atoms with Crippen LogP contribution in [0.3, 0.4) is 0 Å². The summed E-state index contributed by atoms with van der Waals surface area (Å²) >= 11 is 0. The van der Waals surface area contributed by atoms with Gasteiger partial charge in [0, 0.05) is 30.7 Å².